The molecular weight excluding hydrogens is 208 g/mol. The molecule has 0 radical (unpaired) electrons. The summed E-state index contributed by atoms with van der Waals surface area (Å²) in [4.78, 5) is 11.5. The van der Waals surface area contributed by atoms with Crippen molar-refractivity contribution in [2.24, 2.45) is 5.92 Å². The van der Waals surface area contributed by atoms with Crippen LogP contribution < -0.4 is 10.6 Å². The molecule has 1 aliphatic rings. The van der Waals surface area contributed by atoms with E-state index in [1.807, 2.05) is 20.8 Å². The molecule has 5 heteroatoms. The van der Waals surface area contributed by atoms with Crippen LogP contribution in [0.3, 0.4) is 0 Å². The molecule has 1 rings (SSSR count). The standard InChI is InChI=1S/C11H22N2O3/c1-11(2,3)16-10(15)13-9(7-14)8-4-5-12-6-8/h8-9,12,14H,4-7H2,1-3H3,(H,13,15). The van der Waals surface area contributed by atoms with Crippen LogP contribution in [0.25, 0.3) is 0 Å². The van der Waals surface area contributed by atoms with E-state index >= 15 is 0 Å². The minimum atomic E-state index is -0.502. The quantitative estimate of drug-likeness (QED) is 0.659. The van der Waals surface area contributed by atoms with Crippen LogP contribution in [0.5, 0.6) is 0 Å². The Kier molecular flexibility index (Phi) is 4.56. The summed E-state index contributed by atoms with van der Waals surface area (Å²) in [5, 5.41) is 15.2. The molecule has 3 N–H and O–H groups in total. The summed E-state index contributed by atoms with van der Waals surface area (Å²) in [6.07, 6.45) is 0.513. The molecule has 1 fully saturated rings. The fraction of sp³-hybridized carbons (Fsp3) is 0.909. The summed E-state index contributed by atoms with van der Waals surface area (Å²) >= 11 is 0. The van der Waals surface area contributed by atoms with Gasteiger partial charge in [0, 0.05) is 6.54 Å². The normalized spacial score (nSPS) is 22.9. The largest absolute Gasteiger partial charge is 0.444 e. The first-order chi connectivity index (χ1) is 7.42. The fourth-order valence-corrected chi connectivity index (χ4v) is 1.79. The second-order valence-electron chi connectivity index (χ2n) is 5.19. The van der Waals surface area contributed by atoms with E-state index in [4.69, 9.17) is 4.74 Å². The SMILES string of the molecule is CC(C)(C)OC(=O)NC(CO)C1CCNC1. The van der Waals surface area contributed by atoms with Crippen LogP contribution in [-0.4, -0.2) is 42.5 Å². The van der Waals surface area contributed by atoms with Crippen LogP contribution in [0, 0.1) is 5.92 Å². The third-order valence-corrected chi connectivity index (χ3v) is 2.57. The van der Waals surface area contributed by atoms with Gasteiger partial charge in [0.15, 0.2) is 0 Å². The van der Waals surface area contributed by atoms with Crippen molar-refractivity contribution in [1.29, 1.82) is 0 Å². The van der Waals surface area contributed by atoms with E-state index in [1.165, 1.54) is 0 Å². The van der Waals surface area contributed by atoms with Crippen LogP contribution in [0.2, 0.25) is 0 Å². The zero-order valence-electron chi connectivity index (χ0n) is 10.2. The second-order valence-corrected chi connectivity index (χ2v) is 5.19. The molecular formula is C11H22N2O3. The Morgan fingerprint density at radius 1 is 1.62 bits per heavy atom. The molecule has 0 aromatic heterocycles. The number of rotatable bonds is 3. The summed E-state index contributed by atoms with van der Waals surface area (Å²) in [7, 11) is 0. The molecule has 0 bridgehead atoms. The highest BCUT2D eigenvalue weighted by Crippen LogP contribution is 2.13. The van der Waals surface area contributed by atoms with E-state index in [0.29, 0.717) is 0 Å². The van der Waals surface area contributed by atoms with Gasteiger partial charge in [0.1, 0.15) is 5.60 Å². The molecule has 2 atom stereocenters. The number of hydrogen-bond donors (Lipinski definition) is 3. The van der Waals surface area contributed by atoms with Crippen LogP contribution in [0.4, 0.5) is 4.79 Å². The lowest BCUT2D eigenvalue weighted by Gasteiger charge is -2.25. The van der Waals surface area contributed by atoms with Gasteiger partial charge in [-0.15, -0.1) is 0 Å². The Hall–Kier alpha value is -0.810. The molecule has 0 aliphatic carbocycles. The Morgan fingerprint density at radius 2 is 2.31 bits per heavy atom. The Balaban J connectivity index is 2.40. The maximum absolute atomic E-state index is 11.5. The van der Waals surface area contributed by atoms with E-state index < -0.39 is 11.7 Å². The van der Waals surface area contributed by atoms with Crippen LogP contribution in [-0.2, 0) is 4.74 Å². The summed E-state index contributed by atoms with van der Waals surface area (Å²) in [6, 6.07) is -0.218. The number of ether oxygens (including phenoxy) is 1. The molecule has 0 saturated carbocycles. The van der Waals surface area contributed by atoms with E-state index in [9.17, 15) is 9.90 Å². The lowest BCUT2D eigenvalue weighted by atomic mass is 10.00. The zero-order chi connectivity index (χ0) is 12.2. The lowest BCUT2D eigenvalue weighted by molar-refractivity contribution is 0.0458. The predicted molar refractivity (Wildman–Crippen MR) is 61.2 cm³/mol. The molecule has 1 aliphatic heterocycles. The van der Waals surface area contributed by atoms with Crippen molar-refractivity contribution in [2.75, 3.05) is 19.7 Å². The first kappa shape index (κ1) is 13.3. The average Bonchev–Trinajstić information content (AvgIpc) is 2.63. The Labute approximate surface area is 96.6 Å². The smallest absolute Gasteiger partial charge is 0.407 e. The first-order valence-corrected chi connectivity index (χ1v) is 5.73. The third kappa shape index (κ3) is 4.37. The zero-order valence-corrected chi connectivity index (χ0v) is 10.2. The van der Waals surface area contributed by atoms with Crippen molar-refractivity contribution in [1.82, 2.24) is 10.6 Å². The summed E-state index contributed by atoms with van der Waals surface area (Å²) in [5.41, 5.74) is -0.502. The van der Waals surface area contributed by atoms with Crippen molar-refractivity contribution in [3.63, 3.8) is 0 Å². The van der Waals surface area contributed by atoms with Gasteiger partial charge in [-0.1, -0.05) is 0 Å². The minimum Gasteiger partial charge on any atom is -0.444 e. The maximum Gasteiger partial charge on any atom is 0.407 e. The van der Waals surface area contributed by atoms with Gasteiger partial charge in [0.2, 0.25) is 0 Å². The molecule has 5 nitrogen and oxygen atoms in total. The minimum absolute atomic E-state index is 0.0500. The van der Waals surface area contributed by atoms with E-state index in [0.717, 1.165) is 19.5 Å². The van der Waals surface area contributed by atoms with Crippen molar-refractivity contribution in [2.45, 2.75) is 38.8 Å². The third-order valence-electron chi connectivity index (χ3n) is 2.57. The molecule has 1 saturated heterocycles. The molecule has 2 unspecified atom stereocenters. The maximum atomic E-state index is 11.5. The molecule has 0 aromatic rings. The van der Waals surface area contributed by atoms with Gasteiger partial charge in [-0.05, 0) is 39.7 Å². The van der Waals surface area contributed by atoms with Crippen LogP contribution in [0.15, 0.2) is 0 Å². The first-order valence-electron chi connectivity index (χ1n) is 5.73. The monoisotopic (exact) mass is 230 g/mol. The van der Waals surface area contributed by atoms with Crippen LogP contribution >= 0.6 is 0 Å². The fourth-order valence-electron chi connectivity index (χ4n) is 1.79. The second kappa shape index (κ2) is 5.50. The number of aliphatic hydroxyl groups is 1. The molecule has 1 heterocycles. The number of carbonyl (C=O) groups is 1. The van der Waals surface area contributed by atoms with E-state index in [1.54, 1.807) is 0 Å². The van der Waals surface area contributed by atoms with Crippen molar-refractivity contribution in [3.8, 4) is 0 Å². The highest BCUT2D eigenvalue weighted by molar-refractivity contribution is 5.68. The number of alkyl carbamates (subject to hydrolysis) is 1. The Bertz CT molecular complexity index is 232. The Morgan fingerprint density at radius 3 is 2.75 bits per heavy atom. The van der Waals surface area contributed by atoms with Gasteiger partial charge < -0.3 is 20.5 Å². The number of amides is 1. The van der Waals surface area contributed by atoms with Crippen molar-refractivity contribution >= 4 is 6.09 Å². The van der Waals surface area contributed by atoms with Gasteiger partial charge in [0.05, 0.1) is 12.6 Å². The number of hydrogen-bond acceptors (Lipinski definition) is 4. The van der Waals surface area contributed by atoms with E-state index in [-0.39, 0.29) is 18.6 Å². The number of carbonyl (C=O) groups excluding carboxylic acids is 1. The highest BCUT2D eigenvalue weighted by atomic mass is 16.6. The summed E-state index contributed by atoms with van der Waals surface area (Å²) in [6.45, 7) is 7.18. The molecule has 94 valence electrons. The number of nitrogens with one attached hydrogen (secondary N) is 2. The highest BCUT2D eigenvalue weighted by Gasteiger charge is 2.27. The average molecular weight is 230 g/mol. The van der Waals surface area contributed by atoms with Gasteiger partial charge in [-0.3, -0.25) is 0 Å². The van der Waals surface area contributed by atoms with Gasteiger partial charge in [-0.2, -0.15) is 0 Å². The lowest BCUT2D eigenvalue weighted by Crippen LogP contribution is -2.45. The van der Waals surface area contributed by atoms with E-state index in [2.05, 4.69) is 10.6 Å². The van der Waals surface area contributed by atoms with Crippen LogP contribution in [0.1, 0.15) is 27.2 Å². The van der Waals surface area contributed by atoms with Gasteiger partial charge in [-0.25, -0.2) is 4.79 Å². The molecule has 16 heavy (non-hydrogen) atoms. The van der Waals surface area contributed by atoms with Gasteiger partial charge >= 0.3 is 6.09 Å². The summed E-state index contributed by atoms with van der Waals surface area (Å²) < 4.78 is 5.15. The topological polar surface area (TPSA) is 70.6 Å². The van der Waals surface area contributed by atoms with Gasteiger partial charge in [0.25, 0.3) is 0 Å². The molecule has 0 aromatic carbocycles. The molecule has 0 spiro atoms. The molecule has 1 amide bonds. The summed E-state index contributed by atoms with van der Waals surface area (Å²) in [5.74, 6) is 0.289. The van der Waals surface area contributed by atoms with Crippen molar-refractivity contribution < 1.29 is 14.6 Å². The predicted octanol–water partition coefficient (Wildman–Crippen LogP) is 0.482. The van der Waals surface area contributed by atoms with Crippen molar-refractivity contribution in [3.05, 3.63) is 0 Å². The number of aliphatic hydroxyl groups excluding tert-OH is 1.